The topological polar surface area (TPSA) is 30.3 Å². The van der Waals surface area contributed by atoms with E-state index in [0.29, 0.717) is 6.04 Å². The van der Waals surface area contributed by atoms with Crippen molar-refractivity contribution >= 4 is 17.4 Å². The maximum absolute atomic E-state index is 9.37. The average Bonchev–Trinajstić information content (AvgIpc) is 2.87. The summed E-state index contributed by atoms with van der Waals surface area (Å²) in [5.41, 5.74) is 1.91. The average molecular weight is 261 g/mol. The molecule has 2 rings (SSSR count). The highest BCUT2D eigenvalue weighted by Gasteiger charge is 2.26. The van der Waals surface area contributed by atoms with E-state index in [0.717, 1.165) is 29.2 Å². The molecule has 18 heavy (non-hydrogen) atoms. The van der Waals surface area contributed by atoms with Crippen LogP contribution in [0.2, 0.25) is 0 Å². The smallest absolute Gasteiger partial charge is 0.103 e. The number of nitrogens with zero attached hydrogens (tertiary/aromatic N) is 3. The lowest BCUT2D eigenvalue weighted by molar-refractivity contribution is 0.315. The Labute approximate surface area is 113 Å². The fraction of sp³-hybridized carbons (Fsp3) is 0.500. The molecule has 0 aliphatic carbocycles. The molecule has 1 aliphatic rings. The molecule has 0 aromatic heterocycles. The van der Waals surface area contributed by atoms with E-state index in [1.165, 1.54) is 6.42 Å². The molecule has 0 radical (unpaired) electrons. The molecule has 1 aromatic rings. The highest BCUT2D eigenvalue weighted by molar-refractivity contribution is 7.98. The van der Waals surface area contributed by atoms with Crippen LogP contribution < -0.4 is 4.90 Å². The first-order valence-corrected chi connectivity index (χ1v) is 7.38. The van der Waals surface area contributed by atoms with E-state index in [9.17, 15) is 5.26 Å². The Bertz CT molecular complexity index is 465. The predicted octanol–water partition coefficient (Wildman–Crippen LogP) is 2.42. The first-order chi connectivity index (χ1) is 8.67. The molecule has 1 unspecified atom stereocenters. The zero-order chi connectivity index (χ0) is 13.1. The van der Waals surface area contributed by atoms with Crippen molar-refractivity contribution in [2.24, 2.45) is 0 Å². The van der Waals surface area contributed by atoms with Gasteiger partial charge < -0.3 is 9.80 Å². The van der Waals surface area contributed by atoms with Crippen molar-refractivity contribution in [2.45, 2.75) is 17.4 Å². The second kappa shape index (κ2) is 5.64. The second-order valence-corrected chi connectivity index (χ2v) is 5.67. The zero-order valence-electron chi connectivity index (χ0n) is 11.2. The van der Waals surface area contributed by atoms with E-state index in [-0.39, 0.29) is 0 Å². The predicted molar refractivity (Wildman–Crippen MR) is 77.2 cm³/mol. The van der Waals surface area contributed by atoms with Crippen LogP contribution in [-0.4, -0.2) is 44.4 Å². The number of rotatable bonds is 3. The number of benzene rings is 1. The van der Waals surface area contributed by atoms with Gasteiger partial charge >= 0.3 is 0 Å². The van der Waals surface area contributed by atoms with Gasteiger partial charge in [-0.15, -0.1) is 11.8 Å². The molecular weight excluding hydrogens is 242 g/mol. The Morgan fingerprint density at radius 2 is 2.22 bits per heavy atom. The number of hydrogen-bond donors (Lipinski definition) is 0. The van der Waals surface area contributed by atoms with Crippen molar-refractivity contribution in [3.05, 3.63) is 23.8 Å². The van der Waals surface area contributed by atoms with Gasteiger partial charge in [-0.25, -0.2) is 0 Å². The molecule has 1 atom stereocenters. The molecule has 1 aromatic carbocycles. The number of hydrogen-bond acceptors (Lipinski definition) is 4. The summed E-state index contributed by atoms with van der Waals surface area (Å²) in [6, 6.07) is 9.08. The van der Waals surface area contributed by atoms with Gasteiger partial charge in [0.2, 0.25) is 0 Å². The molecule has 1 saturated heterocycles. The molecule has 0 amide bonds. The van der Waals surface area contributed by atoms with E-state index in [1.54, 1.807) is 11.8 Å². The molecule has 96 valence electrons. The van der Waals surface area contributed by atoms with Gasteiger partial charge in [-0.2, -0.15) is 5.26 Å². The summed E-state index contributed by atoms with van der Waals surface area (Å²) in [5, 5.41) is 9.37. The van der Waals surface area contributed by atoms with Crippen molar-refractivity contribution in [1.82, 2.24) is 4.90 Å². The largest absolute Gasteiger partial charge is 0.369 e. The van der Waals surface area contributed by atoms with Crippen molar-refractivity contribution < 1.29 is 0 Å². The van der Waals surface area contributed by atoms with Gasteiger partial charge in [0.1, 0.15) is 6.07 Å². The van der Waals surface area contributed by atoms with Crippen LogP contribution in [0.3, 0.4) is 0 Å². The molecule has 4 heteroatoms. The van der Waals surface area contributed by atoms with Crippen LogP contribution in [0, 0.1) is 11.3 Å². The quantitative estimate of drug-likeness (QED) is 0.782. The van der Waals surface area contributed by atoms with Crippen LogP contribution in [0.25, 0.3) is 0 Å². The van der Waals surface area contributed by atoms with E-state index in [1.807, 2.05) is 18.4 Å². The third-order valence-electron chi connectivity index (χ3n) is 3.57. The standard InChI is InChI=1S/C14H19N3S/c1-16(2)11-7-8-17(10-11)13-5-4-6-14(18-3)12(13)9-15/h4-6,11H,7-8,10H2,1-3H3. The lowest BCUT2D eigenvalue weighted by atomic mass is 10.2. The summed E-state index contributed by atoms with van der Waals surface area (Å²) in [7, 11) is 4.25. The first kappa shape index (κ1) is 13.3. The molecular formula is C14H19N3S. The van der Waals surface area contributed by atoms with Gasteiger partial charge in [0.05, 0.1) is 11.3 Å². The minimum absolute atomic E-state index is 0.592. The monoisotopic (exact) mass is 261 g/mol. The molecule has 0 spiro atoms. The van der Waals surface area contributed by atoms with E-state index in [4.69, 9.17) is 0 Å². The highest BCUT2D eigenvalue weighted by atomic mass is 32.2. The lowest BCUT2D eigenvalue weighted by Crippen LogP contribution is -2.31. The van der Waals surface area contributed by atoms with E-state index in [2.05, 4.69) is 36.0 Å². The SMILES string of the molecule is CSc1cccc(N2CCC(N(C)C)C2)c1C#N. The number of nitriles is 1. The molecule has 1 aliphatic heterocycles. The lowest BCUT2D eigenvalue weighted by Gasteiger charge is -2.23. The molecule has 0 saturated carbocycles. The highest BCUT2D eigenvalue weighted by Crippen LogP contribution is 2.31. The van der Waals surface area contributed by atoms with Gasteiger partial charge in [0.25, 0.3) is 0 Å². The summed E-state index contributed by atoms with van der Waals surface area (Å²) in [6.45, 7) is 2.05. The Hall–Kier alpha value is -1.18. The summed E-state index contributed by atoms with van der Waals surface area (Å²) >= 11 is 1.64. The number of likely N-dealkylation sites (N-methyl/N-ethyl adjacent to an activating group) is 1. The Morgan fingerprint density at radius 3 is 2.78 bits per heavy atom. The van der Waals surface area contributed by atoms with Gasteiger partial charge in [0.15, 0.2) is 0 Å². The van der Waals surface area contributed by atoms with E-state index >= 15 is 0 Å². The van der Waals surface area contributed by atoms with Gasteiger partial charge in [0, 0.05) is 24.0 Å². The molecule has 1 heterocycles. The van der Waals surface area contributed by atoms with Gasteiger partial charge in [-0.05, 0) is 38.9 Å². The number of thioether (sulfide) groups is 1. The Morgan fingerprint density at radius 1 is 1.44 bits per heavy atom. The maximum Gasteiger partial charge on any atom is 0.103 e. The van der Waals surface area contributed by atoms with Crippen molar-refractivity contribution in [3.8, 4) is 6.07 Å². The van der Waals surface area contributed by atoms with Crippen LogP contribution >= 0.6 is 11.8 Å². The minimum atomic E-state index is 0.592. The molecule has 0 bridgehead atoms. The van der Waals surface area contributed by atoms with Crippen molar-refractivity contribution in [3.63, 3.8) is 0 Å². The van der Waals surface area contributed by atoms with Gasteiger partial charge in [-0.1, -0.05) is 6.07 Å². The maximum atomic E-state index is 9.37. The van der Waals surface area contributed by atoms with Crippen LogP contribution in [-0.2, 0) is 0 Å². The van der Waals surface area contributed by atoms with Crippen LogP contribution in [0.15, 0.2) is 23.1 Å². The minimum Gasteiger partial charge on any atom is -0.369 e. The first-order valence-electron chi connectivity index (χ1n) is 6.16. The van der Waals surface area contributed by atoms with Crippen LogP contribution in [0.5, 0.6) is 0 Å². The summed E-state index contributed by atoms with van der Waals surface area (Å²) in [5.74, 6) is 0. The summed E-state index contributed by atoms with van der Waals surface area (Å²) < 4.78 is 0. The zero-order valence-corrected chi connectivity index (χ0v) is 12.0. The van der Waals surface area contributed by atoms with Crippen molar-refractivity contribution in [1.29, 1.82) is 5.26 Å². The Kier molecular flexibility index (Phi) is 4.15. The normalized spacial score (nSPS) is 19.3. The second-order valence-electron chi connectivity index (χ2n) is 4.82. The van der Waals surface area contributed by atoms with Crippen molar-refractivity contribution in [2.75, 3.05) is 38.3 Å². The summed E-state index contributed by atoms with van der Waals surface area (Å²) in [4.78, 5) is 5.68. The van der Waals surface area contributed by atoms with Crippen LogP contribution in [0.4, 0.5) is 5.69 Å². The third kappa shape index (κ3) is 2.47. The van der Waals surface area contributed by atoms with Gasteiger partial charge in [-0.3, -0.25) is 0 Å². The van der Waals surface area contributed by atoms with E-state index < -0.39 is 0 Å². The third-order valence-corrected chi connectivity index (χ3v) is 4.35. The molecule has 0 N–H and O–H groups in total. The van der Waals surface area contributed by atoms with Crippen LogP contribution in [0.1, 0.15) is 12.0 Å². The molecule has 3 nitrogen and oxygen atoms in total. The fourth-order valence-corrected chi connectivity index (χ4v) is 3.02. The Balaban J connectivity index is 2.27. The molecule has 1 fully saturated rings. The fourth-order valence-electron chi connectivity index (χ4n) is 2.45. The number of anilines is 1. The summed E-state index contributed by atoms with van der Waals surface area (Å²) in [6.07, 6.45) is 3.19.